The molecule has 3 unspecified atom stereocenters. The van der Waals surface area contributed by atoms with Gasteiger partial charge in [0, 0.05) is 42.1 Å². The summed E-state index contributed by atoms with van der Waals surface area (Å²) >= 11 is 1.77. The molecule has 1 fully saturated rings. The third kappa shape index (κ3) is 3.18. The smallest absolute Gasteiger partial charge is 0.0940 e. The van der Waals surface area contributed by atoms with E-state index in [0.29, 0.717) is 17.6 Å². The maximum Gasteiger partial charge on any atom is 0.0940 e. The van der Waals surface area contributed by atoms with Crippen LogP contribution in [0.2, 0.25) is 0 Å². The molecule has 1 saturated carbocycles. The summed E-state index contributed by atoms with van der Waals surface area (Å²) in [6.45, 7) is 10.6. The molecule has 0 radical (unpaired) electrons. The molecule has 1 aliphatic carbocycles. The van der Waals surface area contributed by atoms with Crippen LogP contribution in [0.1, 0.15) is 44.3 Å². The number of nitrogens with zero attached hydrogens (tertiary/aromatic N) is 1. The summed E-state index contributed by atoms with van der Waals surface area (Å²) in [5.74, 6) is 0. The molecule has 3 nitrogen and oxygen atoms in total. The molecule has 1 aliphatic rings. The average Bonchev–Trinajstić information content (AvgIpc) is 2.81. The first-order valence-corrected chi connectivity index (χ1v) is 8.24. The summed E-state index contributed by atoms with van der Waals surface area (Å²) in [6.07, 6.45) is 3.79. The van der Waals surface area contributed by atoms with Crippen LogP contribution in [0.25, 0.3) is 0 Å². The zero-order valence-corrected chi connectivity index (χ0v) is 13.3. The van der Waals surface area contributed by atoms with E-state index in [2.05, 4.69) is 43.4 Å². The lowest BCUT2D eigenvalue weighted by Gasteiger charge is -2.53. The Morgan fingerprint density at radius 1 is 1.53 bits per heavy atom. The molecule has 108 valence electrons. The van der Waals surface area contributed by atoms with Crippen molar-refractivity contribution in [2.24, 2.45) is 5.41 Å². The zero-order chi connectivity index (χ0) is 13.9. The van der Waals surface area contributed by atoms with Crippen molar-refractivity contribution in [1.82, 2.24) is 10.3 Å². The number of thiazole rings is 1. The summed E-state index contributed by atoms with van der Waals surface area (Å²) in [5, 5.41) is 7.06. The summed E-state index contributed by atoms with van der Waals surface area (Å²) in [4.78, 5) is 4.51. The van der Waals surface area contributed by atoms with Gasteiger partial charge in [-0.15, -0.1) is 11.3 Å². The molecular formula is C15H26N2OS. The predicted molar refractivity (Wildman–Crippen MR) is 80.8 cm³/mol. The van der Waals surface area contributed by atoms with Crippen LogP contribution in [0.5, 0.6) is 0 Å². The summed E-state index contributed by atoms with van der Waals surface area (Å²) in [6, 6.07) is 0.593. The number of aryl methyl sites for hydroxylation is 1. The number of hydrogen-bond donors (Lipinski definition) is 1. The van der Waals surface area contributed by atoms with Gasteiger partial charge in [0.1, 0.15) is 0 Å². The standard InChI is InChI=1S/C15H26N2OS/c1-5-15(4)12(9-13(15)18-6-2)16-8-7-14-17-11(3)10-19-14/h10,12-13,16H,5-9H2,1-4H3. The lowest BCUT2D eigenvalue weighted by molar-refractivity contribution is -0.125. The molecule has 0 aliphatic heterocycles. The second-order valence-electron chi connectivity index (χ2n) is 5.68. The maximum absolute atomic E-state index is 5.83. The first-order chi connectivity index (χ1) is 9.10. The summed E-state index contributed by atoms with van der Waals surface area (Å²) in [5.41, 5.74) is 1.44. The molecule has 19 heavy (non-hydrogen) atoms. The largest absolute Gasteiger partial charge is 0.378 e. The van der Waals surface area contributed by atoms with Crippen molar-refractivity contribution >= 4 is 11.3 Å². The molecule has 0 bridgehead atoms. The molecule has 1 N–H and O–H groups in total. The highest BCUT2D eigenvalue weighted by molar-refractivity contribution is 7.09. The van der Waals surface area contributed by atoms with Gasteiger partial charge < -0.3 is 10.1 Å². The number of hydrogen-bond acceptors (Lipinski definition) is 4. The van der Waals surface area contributed by atoms with Gasteiger partial charge in [-0.25, -0.2) is 4.98 Å². The van der Waals surface area contributed by atoms with Crippen LogP contribution < -0.4 is 5.32 Å². The number of nitrogens with one attached hydrogen (secondary N) is 1. The lowest BCUT2D eigenvalue weighted by Crippen LogP contribution is -2.62. The van der Waals surface area contributed by atoms with Crippen molar-refractivity contribution in [2.45, 2.75) is 59.1 Å². The van der Waals surface area contributed by atoms with Crippen molar-refractivity contribution in [1.29, 1.82) is 0 Å². The monoisotopic (exact) mass is 282 g/mol. The van der Waals surface area contributed by atoms with Gasteiger partial charge >= 0.3 is 0 Å². The first kappa shape index (κ1) is 14.9. The van der Waals surface area contributed by atoms with E-state index >= 15 is 0 Å². The summed E-state index contributed by atoms with van der Waals surface area (Å²) < 4.78 is 5.83. The van der Waals surface area contributed by atoms with E-state index in [9.17, 15) is 0 Å². The third-order valence-electron chi connectivity index (χ3n) is 4.51. The van der Waals surface area contributed by atoms with Crippen molar-refractivity contribution in [3.05, 3.63) is 16.1 Å². The Hall–Kier alpha value is -0.450. The quantitative estimate of drug-likeness (QED) is 0.834. The second-order valence-corrected chi connectivity index (χ2v) is 6.62. The van der Waals surface area contributed by atoms with Crippen LogP contribution in [-0.4, -0.2) is 30.3 Å². The molecule has 0 spiro atoms. The van der Waals surface area contributed by atoms with E-state index < -0.39 is 0 Å². The fraction of sp³-hybridized carbons (Fsp3) is 0.800. The fourth-order valence-electron chi connectivity index (χ4n) is 2.94. The number of ether oxygens (including phenoxy) is 1. The van der Waals surface area contributed by atoms with Crippen LogP contribution in [0, 0.1) is 12.3 Å². The van der Waals surface area contributed by atoms with Crippen molar-refractivity contribution < 1.29 is 4.74 Å². The second kappa shape index (κ2) is 6.33. The average molecular weight is 282 g/mol. The molecule has 4 heteroatoms. The highest BCUT2D eigenvalue weighted by Crippen LogP contribution is 2.45. The van der Waals surface area contributed by atoms with Gasteiger partial charge in [-0.3, -0.25) is 0 Å². The van der Waals surface area contributed by atoms with Gasteiger partial charge in [0.25, 0.3) is 0 Å². The van der Waals surface area contributed by atoms with Crippen LogP contribution in [0.4, 0.5) is 0 Å². The molecule has 0 saturated heterocycles. The van der Waals surface area contributed by atoms with Gasteiger partial charge in [0.05, 0.1) is 11.1 Å². The summed E-state index contributed by atoms with van der Waals surface area (Å²) in [7, 11) is 0. The minimum Gasteiger partial charge on any atom is -0.378 e. The molecule has 1 heterocycles. The zero-order valence-electron chi connectivity index (χ0n) is 12.5. The van der Waals surface area contributed by atoms with Crippen molar-refractivity contribution in [3.8, 4) is 0 Å². The Morgan fingerprint density at radius 2 is 2.32 bits per heavy atom. The minimum absolute atomic E-state index is 0.300. The van der Waals surface area contributed by atoms with Gasteiger partial charge in [-0.1, -0.05) is 13.8 Å². The van der Waals surface area contributed by atoms with Crippen molar-refractivity contribution in [3.63, 3.8) is 0 Å². The van der Waals surface area contributed by atoms with Gasteiger partial charge in [0.2, 0.25) is 0 Å². The van der Waals surface area contributed by atoms with Crippen LogP contribution in [0.15, 0.2) is 5.38 Å². The Balaban J connectivity index is 1.77. The van der Waals surface area contributed by atoms with Gasteiger partial charge in [-0.05, 0) is 26.7 Å². The Kier molecular flexibility index (Phi) is 4.98. The minimum atomic E-state index is 0.300. The van der Waals surface area contributed by atoms with Crippen molar-refractivity contribution in [2.75, 3.05) is 13.2 Å². The molecule has 3 atom stereocenters. The Labute approximate surface area is 120 Å². The topological polar surface area (TPSA) is 34.1 Å². The van der Waals surface area contributed by atoms with E-state index in [1.807, 2.05) is 0 Å². The molecule has 0 amide bonds. The number of aromatic nitrogens is 1. The molecule has 1 aromatic heterocycles. The van der Waals surface area contributed by atoms with E-state index in [1.165, 1.54) is 11.4 Å². The van der Waals surface area contributed by atoms with Crippen LogP contribution >= 0.6 is 11.3 Å². The van der Waals surface area contributed by atoms with E-state index in [4.69, 9.17) is 4.74 Å². The molecular weight excluding hydrogens is 256 g/mol. The Bertz CT molecular complexity index is 407. The highest BCUT2D eigenvalue weighted by atomic mass is 32.1. The van der Waals surface area contributed by atoms with Gasteiger partial charge in [0.15, 0.2) is 0 Å². The predicted octanol–water partition coefficient (Wildman–Crippen LogP) is 3.18. The SMILES string of the molecule is CCOC1CC(NCCc2nc(C)cs2)C1(C)CC. The maximum atomic E-state index is 5.83. The van der Waals surface area contributed by atoms with Gasteiger partial charge in [-0.2, -0.15) is 0 Å². The van der Waals surface area contributed by atoms with E-state index in [1.54, 1.807) is 11.3 Å². The fourth-order valence-corrected chi connectivity index (χ4v) is 3.71. The van der Waals surface area contributed by atoms with E-state index in [-0.39, 0.29) is 0 Å². The molecule has 2 rings (SSSR count). The normalized spacial score (nSPS) is 30.3. The highest BCUT2D eigenvalue weighted by Gasteiger charge is 2.50. The molecule has 1 aromatic rings. The van der Waals surface area contributed by atoms with Crippen LogP contribution in [-0.2, 0) is 11.2 Å². The number of rotatable bonds is 7. The third-order valence-corrected chi connectivity index (χ3v) is 5.53. The lowest BCUT2D eigenvalue weighted by atomic mass is 9.61. The van der Waals surface area contributed by atoms with E-state index in [0.717, 1.165) is 31.7 Å². The van der Waals surface area contributed by atoms with Crippen LogP contribution in [0.3, 0.4) is 0 Å². The first-order valence-electron chi connectivity index (χ1n) is 7.36. The molecule has 0 aromatic carbocycles. The Morgan fingerprint density at radius 3 is 2.89 bits per heavy atom.